The van der Waals surface area contributed by atoms with Gasteiger partial charge in [-0.1, -0.05) is 13.3 Å². The number of hydrogen-bond donors (Lipinski definition) is 1. The number of halogens is 1. The van der Waals surface area contributed by atoms with E-state index in [0.29, 0.717) is 6.61 Å². The molecule has 0 fully saturated rings. The lowest BCUT2D eigenvalue weighted by Gasteiger charge is -2.19. The molecule has 0 saturated carbocycles. The SMILES string of the molecule is CCCCOC(=O)C(N)(I)CC(=O)OC. The number of esters is 2. The van der Waals surface area contributed by atoms with Gasteiger partial charge in [-0.05, 0) is 29.0 Å². The molecule has 0 aliphatic carbocycles. The van der Waals surface area contributed by atoms with Crippen molar-refractivity contribution in [3.63, 3.8) is 0 Å². The van der Waals surface area contributed by atoms with E-state index < -0.39 is 15.5 Å². The maximum atomic E-state index is 11.4. The standard InChI is InChI=1S/C9H16INO4/c1-3-4-5-15-8(13)9(10,11)6-7(12)14-2/h3-6,11H2,1-2H3. The number of carbonyl (C=O) groups is 2. The van der Waals surface area contributed by atoms with Crippen LogP contribution in [0.5, 0.6) is 0 Å². The smallest absolute Gasteiger partial charge is 0.337 e. The van der Waals surface area contributed by atoms with Crippen LogP contribution in [0, 0.1) is 0 Å². The molecule has 0 rings (SSSR count). The fraction of sp³-hybridized carbons (Fsp3) is 0.778. The van der Waals surface area contributed by atoms with Crippen LogP contribution in [0.25, 0.3) is 0 Å². The second-order valence-electron chi connectivity index (χ2n) is 3.10. The number of methoxy groups -OCH3 is 1. The minimum atomic E-state index is -1.33. The Bertz CT molecular complexity index is 230. The molecule has 88 valence electrons. The van der Waals surface area contributed by atoms with Gasteiger partial charge < -0.3 is 15.2 Å². The highest BCUT2D eigenvalue weighted by molar-refractivity contribution is 14.1. The molecule has 0 aromatic heterocycles. The highest BCUT2D eigenvalue weighted by atomic mass is 127. The first kappa shape index (κ1) is 14.6. The maximum Gasteiger partial charge on any atom is 0.337 e. The van der Waals surface area contributed by atoms with Gasteiger partial charge in [-0.2, -0.15) is 0 Å². The molecule has 0 bridgehead atoms. The van der Waals surface area contributed by atoms with Crippen molar-refractivity contribution in [1.29, 1.82) is 0 Å². The van der Waals surface area contributed by atoms with Gasteiger partial charge in [-0.25, -0.2) is 4.79 Å². The van der Waals surface area contributed by atoms with Crippen molar-refractivity contribution in [3.05, 3.63) is 0 Å². The Labute approximate surface area is 103 Å². The third-order valence-corrected chi connectivity index (χ3v) is 2.52. The first-order chi connectivity index (χ1) is 6.94. The van der Waals surface area contributed by atoms with Crippen LogP contribution in [0.15, 0.2) is 0 Å². The molecule has 15 heavy (non-hydrogen) atoms. The molecular weight excluding hydrogens is 313 g/mol. The normalized spacial score (nSPS) is 14.1. The van der Waals surface area contributed by atoms with Gasteiger partial charge >= 0.3 is 11.9 Å². The molecule has 0 aliphatic heterocycles. The topological polar surface area (TPSA) is 78.6 Å². The molecule has 0 aromatic carbocycles. The first-order valence-electron chi connectivity index (χ1n) is 4.66. The molecule has 5 nitrogen and oxygen atoms in total. The van der Waals surface area contributed by atoms with Gasteiger partial charge in [-0.15, -0.1) is 0 Å². The summed E-state index contributed by atoms with van der Waals surface area (Å²) in [6, 6.07) is 0. The van der Waals surface area contributed by atoms with Gasteiger partial charge in [0.05, 0.1) is 20.1 Å². The van der Waals surface area contributed by atoms with Crippen LogP contribution in [-0.4, -0.2) is 29.2 Å². The number of unbranched alkanes of at least 4 members (excludes halogenated alkanes) is 1. The van der Waals surface area contributed by atoms with Gasteiger partial charge in [0.1, 0.15) is 0 Å². The van der Waals surface area contributed by atoms with Crippen molar-refractivity contribution in [2.24, 2.45) is 5.73 Å². The van der Waals surface area contributed by atoms with E-state index in [-0.39, 0.29) is 6.42 Å². The summed E-state index contributed by atoms with van der Waals surface area (Å²) in [5.41, 5.74) is 5.63. The summed E-state index contributed by atoms with van der Waals surface area (Å²) in [6.07, 6.45) is 1.54. The summed E-state index contributed by atoms with van der Waals surface area (Å²) in [6.45, 7) is 2.32. The first-order valence-corrected chi connectivity index (χ1v) is 5.73. The van der Waals surface area contributed by atoms with Crippen molar-refractivity contribution in [2.75, 3.05) is 13.7 Å². The molecule has 6 heteroatoms. The summed E-state index contributed by atoms with van der Waals surface area (Å²) in [5.74, 6) is -1.11. The van der Waals surface area contributed by atoms with Gasteiger partial charge in [0.25, 0.3) is 0 Å². The van der Waals surface area contributed by atoms with Crippen molar-refractivity contribution in [1.82, 2.24) is 0 Å². The Morgan fingerprint density at radius 3 is 2.53 bits per heavy atom. The van der Waals surface area contributed by atoms with Gasteiger partial charge in [0.15, 0.2) is 3.55 Å². The lowest BCUT2D eigenvalue weighted by atomic mass is 10.2. The average molecular weight is 329 g/mol. The molecular formula is C9H16INO4. The zero-order valence-corrected chi connectivity index (χ0v) is 11.1. The van der Waals surface area contributed by atoms with Crippen molar-refractivity contribution >= 4 is 34.5 Å². The number of nitrogens with two attached hydrogens (primary N) is 1. The number of alkyl halides is 1. The van der Waals surface area contributed by atoms with E-state index >= 15 is 0 Å². The fourth-order valence-corrected chi connectivity index (χ4v) is 1.25. The molecule has 1 unspecified atom stereocenters. The Morgan fingerprint density at radius 2 is 2.07 bits per heavy atom. The van der Waals surface area contributed by atoms with E-state index in [4.69, 9.17) is 10.5 Å². The summed E-state index contributed by atoms with van der Waals surface area (Å²) in [5, 5.41) is 0. The van der Waals surface area contributed by atoms with Crippen molar-refractivity contribution < 1.29 is 19.1 Å². The Hall–Kier alpha value is -0.370. The number of carbonyl (C=O) groups excluding carboxylic acids is 2. The van der Waals surface area contributed by atoms with Crippen LogP contribution in [0.3, 0.4) is 0 Å². The van der Waals surface area contributed by atoms with Crippen LogP contribution in [0.4, 0.5) is 0 Å². The number of ether oxygens (including phenoxy) is 2. The molecule has 0 radical (unpaired) electrons. The van der Waals surface area contributed by atoms with E-state index in [1.54, 1.807) is 22.6 Å². The molecule has 1 atom stereocenters. The summed E-state index contributed by atoms with van der Waals surface area (Å²) in [7, 11) is 1.25. The molecule has 2 N–H and O–H groups in total. The van der Waals surface area contributed by atoms with Crippen LogP contribution < -0.4 is 5.73 Å². The highest BCUT2D eigenvalue weighted by Crippen LogP contribution is 2.19. The summed E-state index contributed by atoms with van der Waals surface area (Å²) >= 11 is 1.69. The quantitative estimate of drug-likeness (QED) is 0.258. The fourth-order valence-electron chi connectivity index (χ4n) is 0.784. The van der Waals surface area contributed by atoms with Crippen LogP contribution in [0.1, 0.15) is 26.2 Å². The van der Waals surface area contributed by atoms with Gasteiger partial charge in [0.2, 0.25) is 0 Å². The molecule has 0 spiro atoms. The highest BCUT2D eigenvalue weighted by Gasteiger charge is 2.35. The molecule has 0 aliphatic rings. The van der Waals surface area contributed by atoms with Gasteiger partial charge in [0, 0.05) is 0 Å². The Balaban J connectivity index is 4.07. The van der Waals surface area contributed by atoms with E-state index in [1.807, 2.05) is 6.92 Å². The molecule has 0 aromatic rings. The predicted octanol–water partition coefficient (Wildman–Crippen LogP) is 0.983. The second-order valence-corrected chi connectivity index (χ2v) is 5.03. The summed E-state index contributed by atoms with van der Waals surface area (Å²) < 4.78 is 8.01. The number of hydrogen-bond acceptors (Lipinski definition) is 5. The van der Waals surface area contributed by atoms with Crippen molar-refractivity contribution in [3.8, 4) is 0 Å². The van der Waals surface area contributed by atoms with Crippen molar-refractivity contribution in [2.45, 2.75) is 29.7 Å². The molecule has 0 heterocycles. The predicted molar refractivity (Wildman–Crippen MR) is 63.4 cm³/mol. The Kier molecular flexibility index (Phi) is 6.82. The zero-order valence-electron chi connectivity index (χ0n) is 8.92. The third-order valence-electron chi connectivity index (χ3n) is 1.70. The lowest BCUT2D eigenvalue weighted by molar-refractivity contribution is -0.151. The van der Waals surface area contributed by atoms with E-state index in [0.717, 1.165) is 12.8 Å². The summed E-state index contributed by atoms with van der Waals surface area (Å²) in [4.78, 5) is 22.4. The van der Waals surface area contributed by atoms with Gasteiger partial charge in [-0.3, -0.25) is 4.79 Å². The monoisotopic (exact) mass is 329 g/mol. The van der Waals surface area contributed by atoms with E-state index in [9.17, 15) is 9.59 Å². The zero-order chi connectivity index (χ0) is 11.9. The number of rotatable bonds is 6. The third kappa shape index (κ3) is 5.93. The van der Waals surface area contributed by atoms with E-state index in [1.165, 1.54) is 7.11 Å². The minimum absolute atomic E-state index is 0.185. The van der Waals surface area contributed by atoms with Crippen LogP contribution in [0.2, 0.25) is 0 Å². The van der Waals surface area contributed by atoms with Crippen LogP contribution in [-0.2, 0) is 19.1 Å². The Morgan fingerprint density at radius 1 is 1.47 bits per heavy atom. The average Bonchev–Trinajstić information content (AvgIpc) is 2.17. The van der Waals surface area contributed by atoms with Crippen LogP contribution >= 0.6 is 22.6 Å². The lowest BCUT2D eigenvalue weighted by Crippen LogP contribution is -2.45. The van der Waals surface area contributed by atoms with E-state index in [2.05, 4.69) is 4.74 Å². The largest absolute Gasteiger partial charge is 0.469 e. The minimum Gasteiger partial charge on any atom is -0.469 e. The molecule has 0 amide bonds. The second kappa shape index (κ2) is 7.00. The molecule has 0 saturated heterocycles. The maximum absolute atomic E-state index is 11.4.